The largest absolute Gasteiger partial charge is 0.496 e. The van der Waals surface area contributed by atoms with Gasteiger partial charge in [0.1, 0.15) is 17.3 Å². The number of aromatic nitrogens is 1. The van der Waals surface area contributed by atoms with E-state index in [-0.39, 0.29) is 29.2 Å². The number of rotatable bonds is 9. The Morgan fingerprint density at radius 3 is 2.49 bits per heavy atom. The zero-order chi connectivity index (χ0) is 30.8. The van der Waals surface area contributed by atoms with Crippen LogP contribution in [0, 0.1) is 10.1 Å². The van der Waals surface area contributed by atoms with E-state index in [2.05, 4.69) is 4.99 Å². The normalized spacial score (nSPS) is 14.6. The van der Waals surface area contributed by atoms with Crippen LogP contribution in [0.3, 0.4) is 0 Å². The third kappa shape index (κ3) is 5.42. The van der Waals surface area contributed by atoms with Gasteiger partial charge in [0.2, 0.25) is 0 Å². The summed E-state index contributed by atoms with van der Waals surface area (Å²) in [5.74, 6) is 1.39. The maximum absolute atomic E-state index is 13.9. The summed E-state index contributed by atoms with van der Waals surface area (Å²) in [6.07, 6.45) is 1.58. The van der Waals surface area contributed by atoms with Crippen LogP contribution in [-0.4, -0.2) is 43.4 Å². The van der Waals surface area contributed by atoms with Crippen molar-refractivity contribution in [3.63, 3.8) is 0 Å². The number of non-ortho nitro benzene ring substituents is 1. The van der Waals surface area contributed by atoms with Crippen LogP contribution in [0.2, 0.25) is 0 Å². The predicted octanol–water partition coefficient (Wildman–Crippen LogP) is 3.99. The van der Waals surface area contributed by atoms with E-state index in [4.69, 9.17) is 23.4 Å². The van der Waals surface area contributed by atoms with Gasteiger partial charge in [-0.2, -0.15) is 0 Å². The molecule has 1 atom stereocenters. The zero-order valence-corrected chi connectivity index (χ0v) is 24.7. The molecule has 13 heteroatoms. The number of fused-ring (bicyclic) bond motifs is 1. The Balaban J connectivity index is 1.63. The van der Waals surface area contributed by atoms with Crippen LogP contribution in [0.5, 0.6) is 17.2 Å². The Hall–Kier alpha value is -5.17. The van der Waals surface area contributed by atoms with E-state index in [1.807, 2.05) is 0 Å². The van der Waals surface area contributed by atoms with Crippen LogP contribution < -0.4 is 29.1 Å². The smallest absolute Gasteiger partial charge is 0.338 e. The molecule has 5 rings (SSSR count). The lowest BCUT2D eigenvalue weighted by Crippen LogP contribution is -2.39. The summed E-state index contributed by atoms with van der Waals surface area (Å²) in [6.45, 7) is 3.56. The molecule has 0 amide bonds. The molecule has 0 saturated carbocycles. The summed E-state index contributed by atoms with van der Waals surface area (Å²) in [6, 6.07) is 11.9. The number of nitro groups is 1. The first-order valence-corrected chi connectivity index (χ1v) is 13.9. The van der Waals surface area contributed by atoms with Gasteiger partial charge in [0, 0.05) is 12.1 Å². The average Bonchev–Trinajstić information content (AvgIpc) is 3.59. The minimum Gasteiger partial charge on any atom is -0.496 e. The molecule has 1 aliphatic rings. The van der Waals surface area contributed by atoms with Crippen molar-refractivity contribution in [2.24, 2.45) is 4.99 Å². The highest BCUT2D eigenvalue weighted by atomic mass is 32.1. The van der Waals surface area contributed by atoms with Gasteiger partial charge < -0.3 is 23.4 Å². The zero-order valence-electron chi connectivity index (χ0n) is 23.9. The quantitative estimate of drug-likeness (QED) is 0.157. The molecule has 2 aromatic carbocycles. The second-order valence-corrected chi connectivity index (χ2v) is 10.3. The molecule has 0 fully saturated rings. The Morgan fingerprint density at radius 2 is 1.81 bits per heavy atom. The highest BCUT2D eigenvalue weighted by Crippen LogP contribution is 2.37. The van der Waals surface area contributed by atoms with E-state index in [1.54, 1.807) is 50.3 Å². The summed E-state index contributed by atoms with van der Waals surface area (Å²) in [5.41, 5.74) is 1.28. The summed E-state index contributed by atoms with van der Waals surface area (Å²) >= 11 is 1.15. The summed E-state index contributed by atoms with van der Waals surface area (Å²) < 4.78 is 29.3. The molecule has 0 radical (unpaired) electrons. The SMILES string of the molecule is CCOC(=O)C1=C(C)N=c2s/c(=C\c3ccc(-c4ccc([N+](=O)[O-])cc4OC)o3)c(=O)n2[C@@H]1c1ccc(OC)c(OC)c1. The van der Waals surface area contributed by atoms with Crippen molar-refractivity contribution in [2.75, 3.05) is 27.9 Å². The summed E-state index contributed by atoms with van der Waals surface area (Å²) in [4.78, 5) is 42.7. The van der Waals surface area contributed by atoms with Gasteiger partial charge in [0.05, 0.1) is 66.3 Å². The number of carbonyl (C=O) groups is 1. The lowest BCUT2D eigenvalue weighted by atomic mass is 9.95. The molecule has 0 bridgehead atoms. The number of furan rings is 1. The Kier molecular flexibility index (Phi) is 8.17. The van der Waals surface area contributed by atoms with Crippen LogP contribution in [0.15, 0.2) is 74.0 Å². The highest BCUT2D eigenvalue weighted by Gasteiger charge is 2.34. The van der Waals surface area contributed by atoms with Crippen molar-refractivity contribution in [2.45, 2.75) is 19.9 Å². The molecule has 0 spiro atoms. The lowest BCUT2D eigenvalue weighted by molar-refractivity contribution is -0.384. The number of methoxy groups -OCH3 is 3. The first-order chi connectivity index (χ1) is 20.7. The van der Waals surface area contributed by atoms with E-state index < -0.39 is 16.9 Å². The van der Waals surface area contributed by atoms with Crippen molar-refractivity contribution < 1.29 is 33.1 Å². The van der Waals surface area contributed by atoms with E-state index in [9.17, 15) is 19.7 Å². The number of ether oxygens (including phenoxy) is 4. The number of nitro benzene ring substituents is 1. The van der Waals surface area contributed by atoms with Crippen molar-refractivity contribution in [3.05, 3.63) is 101 Å². The summed E-state index contributed by atoms with van der Waals surface area (Å²) in [7, 11) is 4.44. The van der Waals surface area contributed by atoms with Gasteiger partial charge >= 0.3 is 5.97 Å². The summed E-state index contributed by atoms with van der Waals surface area (Å²) in [5, 5.41) is 11.2. The maximum Gasteiger partial charge on any atom is 0.338 e. The third-order valence-electron chi connectivity index (χ3n) is 6.80. The fourth-order valence-electron chi connectivity index (χ4n) is 4.83. The van der Waals surface area contributed by atoms with E-state index in [0.29, 0.717) is 49.2 Å². The Labute approximate surface area is 248 Å². The lowest BCUT2D eigenvalue weighted by Gasteiger charge is -2.25. The van der Waals surface area contributed by atoms with Crippen molar-refractivity contribution in [1.82, 2.24) is 4.57 Å². The van der Waals surface area contributed by atoms with Gasteiger partial charge in [-0.1, -0.05) is 17.4 Å². The molecule has 3 heterocycles. The molecule has 43 heavy (non-hydrogen) atoms. The molecule has 1 aliphatic heterocycles. The van der Waals surface area contributed by atoms with Crippen LogP contribution in [0.4, 0.5) is 5.69 Å². The minimum atomic E-state index is -0.839. The second-order valence-electron chi connectivity index (χ2n) is 9.26. The topological polar surface area (TPSA) is 145 Å². The van der Waals surface area contributed by atoms with Crippen LogP contribution in [0.1, 0.15) is 31.2 Å². The minimum absolute atomic E-state index is 0.116. The second kappa shape index (κ2) is 12.0. The maximum atomic E-state index is 13.9. The molecule has 0 unspecified atom stereocenters. The van der Waals surface area contributed by atoms with Crippen molar-refractivity contribution in [3.8, 4) is 28.6 Å². The molecule has 0 N–H and O–H groups in total. The number of benzene rings is 2. The van der Waals surface area contributed by atoms with Gasteiger partial charge in [0.25, 0.3) is 11.2 Å². The number of carbonyl (C=O) groups excluding carboxylic acids is 1. The monoisotopic (exact) mass is 605 g/mol. The van der Waals surface area contributed by atoms with Gasteiger partial charge in [-0.15, -0.1) is 0 Å². The molecule has 222 valence electrons. The fraction of sp³-hybridized carbons (Fsp3) is 0.233. The number of esters is 1. The first-order valence-electron chi connectivity index (χ1n) is 13.0. The Morgan fingerprint density at radius 1 is 1.07 bits per heavy atom. The third-order valence-corrected chi connectivity index (χ3v) is 7.78. The van der Waals surface area contributed by atoms with Gasteiger partial charge in [-0.3, -0.25) is 19.5 Å². The van der Waals surface area contributed by atoms with E-state index >= 15 is 0 Å². The molecule has 4 aromatic rings. The van der Waals surface area contributed by atoms with Crippen molar-refractivity contribution in [1.29, 1.82) is 0 Å². The standard InChI is InChI=1S/C30H27N3O9S/c1-6-41-29(35)26-16(2)31-30-32(27(26)17-7-11-22(38-3)24(13-17)40-5)28(34)25(43-30)15-19-9-12-21(42-19)20-10-8-18(33(36)37)14-23(20)39-4/h7-15,27H,6H2,1-5H3/b25-15-/t27-/m1/s1. The molecule has 2 aromatic heterocycles. The number of thiazole rings is 1. The predicted molar refractivity (Wildman–Crippen MR) is 157 cm³/mol. The van der Waals surface area contributed by atoms with E-state index in [1.165, 1.54) is 44.1 Å². The molecular weight excluding hydrogens is 578 g/mol. The highest BCUT2D eigenvalue weighted by molar-refractivity contribution is 7.07. The number of allylic oxidation sites excluding steroid dienone is 1. The average molecular weight is 606 g/mol. The molecule has 0 aliphatic carbocycles. The van der Waals surface area contributed by atoms with Gasteiger partial charge in [-0.25, -0.2) is 9.79 Å². The van der Waals surface area contributed by atoms with E-state index in [0.717, 1.165) is 11.3 Å². The fourth-order valence-corrected chi connectivity index (χ4v) is 5.86. The number of hydrogen-bond acceptors (Lipinski definition) is 11. The van der Waals surface area contributed by atoms with Crippen LogP contribution in [0.25, 0.3) is 17.4 Å². The van der Waals surface area contributed by atoms with Gasteiger partial charge in [0.15, 0.2) is 16.3 Å². The molecular formula is C30H27N3O9S. The number of nitrogens with zero attached hydrogens (tertiary/aromatic N) is 3. The first kappa shape index (κ1) is 29.3. The molecule has 0 saturated heterocycles. The Bertz CT molecular complexity index is 1950. The van der Waals surface area contributed by atoms with Gasteiger partial charge in [-0.05, 0) is 49.7 Å². The van der Waals surface area contributed by atoms with Crippen LogP contribution in [-0.2, 0) is 9.53 Å². The number of hydrogen-bond donors (Lipinski definition) is 0. The van der Waals surface area contributed by atoms with Crippen molar-refractivity contribution >= 4 is 29.1 Å². The molecule has 12 nitrogen and oxygen atoms in total. The van der Waals surface area contributed by atoms with Crippen LogP contribution >= 0.6 is 11.3 Å².